The Bertz CT molecular complexity index is 1180. The molecule has 0 radical (unpaired) electrons. The Morgan fingerprint density at radius 1 is 0.814 bits per heavy atom. The first-order valence-corrected chi connectivity index (χ1v) is 18.2. The average Bonchev–Trinajstić information content (AvgIpc) is 2.99. The number of esters is 1. The van der Waals surface area contributed by atoms with Gasteiger partial charge < -0.3 is 18.6 Å². The summed E-state index contributed by atoms with van der Waals surface area (Å²) in [5.41, 5.74) is 3.49. The normalized spacial score (nSPS) is 13.7. The van der Waals surface area contributed by atoms with E-state index < -0.39 is 14.3 Å². The molecule has 0 heterocycles. The number of rotatable bonds is 17. The fourth-order valence-corrected chi connectivity index (χ4v) is 6.02. The average molecular weight is 603 g/mol. The molecule has 0 bridgehead atoms. The molecule has 0 spiro atoms. The highest BCUT2D eigenvalue weighted by atomic mass is 28.4. The monoisotopic (exact) mass is 602 g/mol. The number of carbonyl (C=O) groups is 1. The van der Waals surface area contributed by atoms with E-state index in [-0.39, 0.29) is 36.4 Å². The first-order chi connectivity index (χ1) is 20.6. The van der Waals surface area contributed by atoms with Crippen molar-refractivity contribution in [3.05, 3.63) is 120 Å². The molecule has 0 aliphatic carbocycles. The Hall–Kier alpha value is -3.03. The van der Waals surface area contributed by atoms with Gasteiger partial charge in [0.15, 0.2) is 8.32 Å². The number of ether oxygens (including phenoxy) is 3. The number of benzene rings is 3. The molecule has 2 atom stereocenters. The molecule has 0 aromatic heterocycles. The first kappa shape index (κ1) is 34.5. The van der Waals surface area contributed by atoms with Gasteiger partial charge in [0.2, 0.25) is 0 Å². The van der Waals surface area contributed by atoms with Crippen LogP contribution < -0.4 is 0 Å². The van der Waals surface area contributed by atoms with Gasteiger partial charge in [0.05, 0.1) is 6.10 Å². The maximum absolute atomic E-state index is 12.8. The van der Waals surface area contributed by atoms with Crippen LogP contribution in [0.1, 0.15) is 43.9 Å². The summed E-state index contributed by atoms with van der Waals surface area (Å²) in [6.07, 6.45) is 5.53. The molecule has 3 aromatic carbocycles. The Balaban J connectivity index is 1.90. The van der Waals surface area contributed by atoms with E-state index in [0.717, 1.165) is 24.8 Å². The second-order valence-corrected chi connectivity index (χ2v) is 17.5. The van der Waals surface area contributed by atoms with Crippen LogP contribution in [0.25, 0.3) is 0 Å². The molecule has 43 heavy (non-hydrogen) atoms. The molecule has 0 saturated heterocycles. The molecule has 0 fully saturated rings. The molecule has 3 rings (SSSR count). The van der Waals surface area contributed by atoms with Crippen LogP contribution in [0.5, 0.6) is 0 Å². The summed E-state index contributed by atoms with van der Waals surface area (Å²) in [6, 6.07) is 30.9. The van der Waals surface area contributed by atoms with Gasteiger partial charge in [-0.15, -0.1) is 0 Å². The molecule has 0 amide bonds. The van der Waals surface area contributed by atoms with Gasteiger partial charge in [0.25, 0.3) is 0 Å². The molecule has 3 aromatic rings. The summed E-state index contributed by atoms with van der Waals surface area (Å²) >= 11 is 0. The van der Waals surface area contributed by atoms with Crippen molar-refractivity contribution >= 4 is 14.3 Å². The smallest absolute Gasteiger partial charge is 0.330 e. The lowest BCUT2D eigenvalue weighted by atomic mass is 9.77. The van der Waals surface area contributed by atoms with E-state index in [4.69, 9.17) is 18.6 Å². The van der Waals surface area contributed by atoms with Crippen LogP contribution in [0, 0.1) is 11.8 Å². The molecular formula is C37H50O5Si. The lowest BCUT2D eigenvalue weighted by Gasteiger charge is -2.38. The second kappa shape index (κ2) is 17.3. The van der Waals surface area contributed by atoms with Crippen molar-refractivity contribution in [2.75, 3.05) is 20.5 Å². The van der Waals surface area contributed by atoms with E-state index in [1.54, 1.807) is 7.11 Å². The van der Waals surface area contributed by atoms with Crippen LogP contribution in [0.15, 0.2) is 103 Å². The summed E-state index contributed by atoms with van der Waals surface area (Å²) < 4.78 is 23.9. The van der Waals surface area contributed by atoms with Gasteiger partial charge in [0, 0.05) is 19.8 Å². The van der Waals surface area contributed by atoms with Crippen LogP contribution in [0.4, 0.5) is 0 Å². The van der Waals surface area contributed by atoms with Crippen LogP contribution in [-0.2, 0) is 42.9 Å². The summed E-state index contributed by atoms with van der Waals surface area (Å²) in [7, 11) is -0.331. The van der Waals surface area contributed by atoms with Crippen LogP contribution in [-0.4, -0.2) is 40.9 Å². The fourth-order valence-electron chi connectivity index (χ4n) is 4.96. The zero-order valence-electron chi connectivity index (χ0n) is 26.8. The second-order valence-electron chi connectivity index (χ2n) is 12.7. The van der Waals surface area contributed by atoms with E-state index in [0.29, 0.717) is 6.61 Å². The Kier molecular flexibility index (Phi) is 13.9. The van der Waals surface area contributed by atoms with Gasteiger partial charge in [-0.05, 0) is 72.0 Å². The third-order valence-electron chi connectivity index (χ3n) is 8.45. The highest BCUT2D eigenvalue weighted by Crippen LogP contribution is 2.37. The molecule has 0 aliphatic heterocycles. The van der Waals surface area contributed by atoms with E-state index in [1.807, 2.05) is 36.4 Å². The van der Waals surface area contributed by atoms with Crippen molar-refractivity contribution in [1.29, 1.82) is 0 Å². The quantitative estimate of drug-likeness (QED) is 0.0672. The summed E-state index contributed by atoms with van der Waals surface area (Å²) in [5.74, 6) is -0.119. The highest BCUT2D eigenvalue weighted by Gasteiger charge is 2.38. The maximum Gasteiger partial charge on any atom is 0.330 e. The Morgan fingerprint density at radius 3 is 1.81 bits per heavy atom. The van der Waals surface area contributed by atoms with Gasteiger partial charge in [-0.25, -0.2) is 4.79 Å². The minimum atomic E-state index is -1.95. The first-order valence-electron chi connectivity index (χ1n) is 15.3. The zero-order valence-corrected chi connectivity index (χ0v) is 27.8. The summed E-state index contributed by atoms with van der Waals surface area (Å²) in [4.78, 5) is 12.8. The van der Waals surface area contributed by atoms with Crippen molar-refractivity contribution in [2.24, 2.45) is 11.8 Å². The molecule has 0 unspecified atom stereocenters. The minimum absolute atomic E-state index is 0.0542. The molecule has 0 saturated carbocycles. The van der Waals surface area contributed by atoms with Gasteiger partial charge in [-0.2, -0.15) is 0 Å². The third-order valence-corrected chi connectivity index (χ3v) is 13.0. The van der Waals surface area contributed by atoms with E-state index in [1.165, 1.54) is 17.2 Å². The number of hydrogen-bond donors (Lipinski definition) is 0. The van der Waals surface area contributed by atoms with Crippen molar-refractivity contribution < 1.29 is 23.4 Å². The van der Waals surface area contributed by atoms with Gasteiger partial charge in [0.1, 0.15) is 13.4 Å². The largest absolute Gasteiger partial charge is 0.458 e. The van der Waals surface area contributed by atoms with Crippen LogP contribution in [0.2, 0.25) is 18.1 Å². The summed E-state index contributed by atoms with van der Waals surface area (Å²) in [5, 5.41) is 0.115. The standard InChI is InChI=1S/C37H50O5Si/c1-37(2,3)43(5,6)42-25-24-34(33(26-30-16-10-7-11-17-30)27-31-18-12-8-13-19-31)35(41-29-39-4)22-23-36(38)40-28-32-20-14-9-15-21-32/h7-23,33-35H,24-29H2,1-6H3/b23-22+/t34-,35-/m0/s1. The predicted molar refractivity (Wildman–Crippen MR) is 177 cm³/mol. The molecule has 6 heteroatoms. The van der Waals surface area contributed by atoms with E-state index in [2.05, 4.69) is 94.5 Å². The van der Waals surface area contributed by atoms with Crippen molar-refractivity contribution in [3.8, 4) is 0 Å². The van der Waals surface area contributed by atoms with Crippen LogP contribution >= 0.6 is 0 Å². The Morgan fingerprint density at radius 2 is 1.33 bits per heavy atom. The van der Waals surface area contributed by atoms with E-state index >= 15 is 0 Å². The summed E-state index contributed by atoms with van der Waals surface area (Å²) in [6.45, 7) is 12.3. The molecular weight excluding hydrogens is 552 g/mol. The lowest BCUT2D eigenvalue weighted by Crippen LogP contribution is -2.42. The topological polar surface area (TPSA) is 54.0 Å². The van der Waals surface area contributed by atoms with E-state index in [9.17, 15) is 4.79 Å². The lowest BCUT2D eigenvalue weighted by molar-refractivity contribution is -0.139. The molecule has 232 valence electrons. The number of hydrogen-bond acceptors (Lipinski definition) is 5. The van der Waals surface area contributed by atoms with Gasteiger partial charge in [-0.1, -0.05) is 112 Å². The minimum Gasteiger partial charge on any atom is -0.458 e. The van der Waals surface area contributed by atoms with Crippen molar-refractivity contribution in [2.45, 2.75) is 70.9 Å². The highest BCUT2D eigenvalue weighted by molar-refractivity contribution is 6.74. The molecule has 0 aliphatic rings. The van der Waals surface area contributed by atoms with Crippen molar-refractivity contribution in [3.63, 3.8) is 0 Å². The number of carbonyl (C=O) groups excluding carboxylic acids is 1. The van der Waals surface area contributed by atoms with Crippen molar-refractivity contribution in [1.82, 2.24) is 0 Å². The SMILES string of the molecule is COCO[C@@H](/C=C/C(=O)OCc1ccccc1)[C@@H](CCO[Si](C)(C)C(C)(C)C)C(Cc1ccccc1)Cc1ccccc1. The zero-order chi connectivity index (χ0) is 31.1. The Labute approximate surface area is 260 Å². The fraction of sp³-hybridized carbons (Fsp3) is 0.432. The number of methoxy groups -OCH3 is 1. The van der Waals surface area contributed by atoms with Crippen LogP contribution in [0.3, 0.4) is 0 Å². The maximum atomic E-state index is 12.8. The third kappa shape index (κ3) is 11.9. The van der Waals surface area contributed by atoms with Gasteiger partial charge in [-0.3, -0.25) is 0 Å². The predicted octanol–water partition coefficient (Wildman–Crippen LogP) is 8.40. The van der Waals surface area contributed by atoms with Gasteiger partial charge >= 0.3 is 5.97 Å². The molecule has 5 nitrogen and oxygen atoms in total. The molecule has 0 N–H and O–H groups in total.